The Labute approximate surface area is 163 Å². The van der Waals surface area contributed by atoms with Gasteiger partial charge in [0.1, 0.15) is 5.82 Å². The highest BCUT2D eigenvalue weighted by Crippen LogP contribution is 2.51. The van der Waals surface area contributed by atoms with Crippen LogP contribution < -0.4 is 18.9 Å². The van der Waals surface area contributed by atoms with Crippen LogP contribution in [-0.4, -0.2) is 26.2 Å². The number of fused-ring (bicyclic) bond motifs is 1. The van der Waals surface area contributed by atoms with Gasteiger partial charge in [-0.05, 0) is 24.6 Å². The van der Waals surface area contributed by atoms with Crippen molar-refractivity contribution in [3.63, 3.8) is 0 Å². The molecule has 0 amide bonds. The van der Waals surface area contributed by atoms with E-state index in [0.717, 1.165) is 19.3 Å². The van der Waals surface area contributed by atoms with Gasteiger partial charge in [-0.1, -0.05) is 26.2 Å². The van der Waals surface area contributed by atoms with Gasteiger partial charge in [-0.3, -0.25) is 9.59 Å². The minimum Gasteiger partial charge on any atom is -0.490 e. The molecule has 0 saturated carbocycles. The molecule has 0 radical (unpaired) electrons. The Kier molecular flexibility index (Phi) is 7.61. The minimum atomic E-state index is -0.577. The van der Waals surface area contributed by atoms with Crippen LogP contribution in [0.25, 0.3) is 10.8 Å². The van der Waals surface area contributed by atoms with E-state index in [1.807, 2.05) is 0 Å². The molecule has 0 aromatic heterocycles. The van der Waals surface area contributed by atoms with Gasteiger partial charge in [-0.15, -0.1) is 0 Å². The fourth-order valence-electron chi connectivity index (χ4n) is 2.93. The highest BCUT2D eigenvalue weighted by molar-refractivity contribution is 6.01. The second-order valence-corrected chi connectivity index (χ2v) is 6.29. The number of rotatable bonds is 9. The molecule has 0 bridgehead atoms. The first-order valence-electron chi connectivity index (χ1n) is 9.19. The van der Waals surface area contributed by atoms with Crippen LogP contribution in [0.3, 0.4) is 0 Å². The summed E-state index contributed by atoms with van der Waals surface area (Å²) in [6.07, 6.45) is 3.95. The van der Waals surface area contributed by atoms with Crippen LogP contribution in [0.1, 0.15) is 46.0 Å². The zero-order chi connectivity index (χ0) is 20.7. The molecule has 7 heteroatoms. The van der Waals surface area contributed by atoms with Gasteiger partial charge >= 0.3 is 11.9 Å². The van der Waals surface area contributed by atoms with Gasteiger partial charge in [-0.25, -0.2) is 4.39 Å². The smallest absolute Gasteiger partial charge is 0.311 e. The quantitative estimate of drug-likeness (QED) is 0.347. The fraction of sp³-hybridized carbons (Fsp3) is 0.429. The molecule has 0 N–H and O–H groups in total. The van der Waals surface area contributed by atoms with Gasteiger partial charge in [-0.2, -0.15) is 0 Å². The van der Waals surface area contributed by atoms with Crippen molar-refractivity contribution >= 4 is 22.7 Å². The van der Waals surface area contributed by atoms with E-state index < -0.39 is 17.8 Å². The molecule has 2 aromatic rings. The van der Waals surface area contributed by atoms with Gasteiger partial charge in [0.15, 0.2) is 11.5 Å². The molecule has 0 aliphatic carbocycles. The van der Waals surface area contributed by atoms with Crippen molar-refractivity contribution in [2.24, 2.45) is 0 Å². The number of carbonyl (C=O) groups excluding carboxylic acids is 2. The van der Waals surface area contributed by atoms with Gasteiger partial charge in [0.25, 0.3) is 0 Å². The molecule has 0 aliphatic rings. The summed E-state index contributed by atoms with van der Waals surface area (Å²) in [5.41, 5.74) is 0. The van der Waals surface area contributed by atoms with Crippen molar-refractivity contribution in [2.75, 3.05) is 14.2 Å². The normalized spacial score (nSPS) is 10.6. The molecule has 0 spiro atoms. The Balaban J connectivity index is 2.55. The lowest BCUT2D eigenvalue weighted by molar-refractivity contribution is -0.135. The second kappa shape index (κ2) is 9.92. The summed E-state index contributed by atoms with van der Waals surface area (Å²) in [7, 11) is 2.73. The standard InChI is InChI=1S/C21H25FO6/c1-5-6-7-8-9-17(24)28-19-16-12-14(22)10-11-15(16)18(27-13(2)23)20(25-3)21(19)26-4/h10-12H,5-9H2,1-4H3. The minimum absolute atomic E-state index is 0.0326. The number of ether oxygens (including phenoxy) is 4. The molecule has 0 atom stereocenters. The summed E-state index contributed by atoms with van der Waals surface area (Å²) in [5.74, 6) is -1.32. The van der Waals surface area contributed by atoms with E-state index in [4.69, 9.17) is 18.9 Å². The van der Waals surface area contributed by atoms with E-state index in [1.165, 1.54) is 39.3 Å². The topological polar surface area (TPSA) is 71.1 Å². The predicted molar refractivity (Wildman–Crippen MR) is 103 cm³/mol. The molecular formula is C21H25FO6. The Morgan fingerprint density at radius 1 is 0.893 bits per heavy atom. The van der Waals surface area contributed by atoms with E-state index in [0.29, 0.717) is 11.8 Å². The number of methoxy groups -OCH3 is 2. The second-order valence-electron chi connectivity index (χ2n) is 6.29. The molecule has 0 aliphatic heterocycles. The third-order valence-electron chi connectivity index (χ3n) is 4.19. The molecule has 6 nitrogen and oxygen atoms in total. The van der Waals surface area contributed by atoms with Crippen molar-refractivity contribution in [1.82, 2.24) is 0 Å². The number of hydrogen-bond donors (Lipinski definition) is 0. The number of esters is 2. The number of carbonyl (C=O) groups is 2. The van der Waals surface area contributed by atoms with E-state index in [1.54, 1.807) is 0 Å². The zero-order valence-electron chi connectivity index (χ0n) is 16.6. The van der Waals surface area contributed by atoms with Crippen molar-refractivity contribution in [3.8, 4) is 23.0 Å². The van der Waals surface area contributed by atoms with Crippen LogP contribution in [0, 0.1) is 5.82 Å². The Hall–Kier alpha value is -2.83. The van der Waals surface area contributed by atoms with Crippen LogP contribution in [0.2, 0.25) is 0 Å². The third kappa shape index (κ3) is 4.91. The van der Waals surface area contributed by atoms with Crippen LogP contribution in [0.4, 0.5) is 4.39 Å². The highest BCUT2D eigenvalue weighted by atomic mass is 19.1. The first kappa shape index (κ1) is 21.5. The Morgan fingerprint density at radius 2 is 1.54 bits per heavy atom. The van der Waals surface area contributed by atoms with Crippen molar-refractivity contribution in [2.45, 2.75) is 46.0 Å². The lowest BCUT2D eigenvalue weighted by Crippen LogP contribution is -2.11. The molecule has 2 rings (SSSR count). The van der Waals surface area contributed by atoms with Crippen molar-refractivity contribution < 1.29 is 32.9 Å². The monoisotopic (exact) mass is 392 g/mol. The molecule has 0 fully saturated rings. The number of halogens is 1. The van der Waals surface area contributed by atoms with Crippen LogP contribution in [0.5, 0.6) is 23.0 Å². The lowest BCUT2D eigenvalue weighted by Gasteiger charge is -2.19. The number of unbranched alkanes of at least 4 members (excludes halogenated alkanes) is 3. The van der Waals surface area contributed by atoms with Crippen LogP contribution >= 0.6 is 0 Å². The van der Waals surface area contributed by atoms with Crippen LogP contribution in [-0.2, 0) is 9.59 Å². The number of benzene rings is 2. The summed E-state index contributed by atoms with van der Waals surface area (Å²) >= 11 is 0. The Morgan fingerprint density at radius 3 is 2.11 bits per heavy atom. The first-order chi connectivity index (χ1) is 13.4. The van der Waals surface area contributed by atoms with E-state index >= 15 is 0 Å². The molecular weight excluding hydrogens is 367 g/mol. The molecule has 2 aromatic carbocycles. The van der Waals surface area contributed by atoms with Gasteiger partial charge in [0.2, 0.25) is 11.5 Å². The molecule has 0 saturated heterocycles. The van der Waals surface area contributed by atoms with Gasteiger partial charge in [0, 0.05) is 24.1 Å². The Bertz CT molecular complexity index is 862. The van der Waals surface area contributed by atoms with E-state index in [9.17, 15) is 14.0 Å². The first-order valence-corrected chi connectivity index (χ1v) is 9.19. The maximum absolute atomic E-state index is 13.9. The van der Waals surface area contributed by atoms with Crippen LogP contribution in [0.15, 0.2) is 18.2 Å². The maximum atomic E-state index is 13.9. The predicted octanol–water partition coefficient (Wildman–Crippen LogP) is 4.80. The maximum Gasteiger partial charge on any atom is 0.311 e. The SMILES string of the molecule is CCCCCCC(=O)Oc1c(OC)c(OC)c(OC(C)=O)c2ccc(F)cc12. The largest absolute Gasteiger partial charge is 0.490 e. The van der Waals surface area contributed by atoms with Crippen molar-refractivity contribution in [1.29, 1.82) is 0 Å². The summed E-state index contributed by atoms with van der Waals surface area (Å²) in [4.78, 5) is 23.9. The van der Waals surface area contributed by atoms with Crippen molar-refractivity contribution in [3.05, 3.63) is 24.0 Å². The highest BCUT2D eigenvalue weighted by Gasteiger charge is 2.26. The van der Waals surface area contributed by atoms with Gasteiger partial charge < -0.3 is 18.9 Å². The summed E-state index contributed by atoms with van der Waals surface area (Å²) in [6, 6.07) is 3.85. The summed E-state index contributed by atoms with van der Waals surface area (Å²) < 4.78 is 35.5. The fourth-order valence-corrected chi connectivity index (χ4v) is 2.93. The summed E-state index contributed by atoms with van der Waals surface area (Å²) in [5, 5.41) is 0.610. The lowest BCUT2D eigenvalue weighted by atomic mass is 10.1. The molecule has 0 unspecified atom stereocenters. The average molecular weight is 392 g/mol. The zero-order valence-corrected chi connectivity index (χ0v) is 16.6. The third-order valence-corrected chi connectivity index (χ3v) is 4.19. The van der Waals surface area contributed by atoms with E-state index in [2.05, 4.69) is 6.92 Å². The van der Waals surface area contributed by atoms with Gasteiger partial charge in [0.05, 0.1) is 14.2 Å². The average Bonchev–Trinajstić information content (AvgIpc) is 2.66. The summed E-state index contributed by atoms with van der Waals surface area (Å²) in [6.45, 7) is 3.33. The molecule has 28 heavy (non-hydrogen) atoms. The number of hydrogen-bond acceptors (Lipinski definition) is 6. The molecule has 152 valence electrons. The molecule has 0 heterocycles. The van der Waals surface area contributed by atoms with E-state index in [-0.39, 0.29) is 34.8 Å².